The summed E-state index contributed by atoms with van der Waals surface area (Å²) in [4.78, 5) is 25.6. The van der Waals surface area contributed by atoms with Gasteiger partial charge < -0.3 is 14.9 Å². The first-order chi connectivity index (χ1) is 8.80. The molecule has 0 aliphatic carbocycles. The Morgan fingerprint density at radius 2 is 1.95 bits per heavy atom. The van der Waals surface area contributed by atoms with Gasteiger partial charge in [0.25, 0.3) is 0 Å². The maximum atomic E-state index is 12.2. The molecule has 2 rings (SSSR count). The fourth-order valence-corrected chi connectivity index (χ4v) is 4.94. The molecule has 19 heavy (non-hydrogen) atoms. The molecular formula is C10H16N2O5S2. The summed E-state index contributed by atoms with van der Waals surface area (Å²) in [6.45, 7) is 0.706. The van der Waals surface area contributed by atoms with Crippen molar-refractivity contribution in [1.82, 2.24) is 9.80 Å². The van der Waals surface area contributed by atoms with Gasteiger partial charge in [0.1, 0.15) is 5.37 Å². The first-order valence-corrected chi connectivity index (χ1v) is 8.96. The van der Waals surface area contributed by atoms with E-state index in [0.29, 0.717) is 18.1 Å². The van der Waals surface area contributed by atoms with Crippen molar-refractivity contribution in [2.75, 3.05) is 37.4 Å². The number of aliphatic carboxylic acids is 1. The van der Waals surface area contributed by atoms with E-state index in [-0.39, 0.29) is 19.1 Å². The number of nitrogens with zero attached hydrogens (tertiary/aromatic N) is 2. The number of hydrogen-bond donors (Lipinski definition) is 1. The van der Waals surface area contributed by atoms with Crippen LogP contribution in [0.2, 0.25) is 0 Å². The summed E-state index contributed by atoms with van der Waals surface area (Å²) in [5, 5.41) is 7.97. The molecule has 0 aromatic heterocycles. The third-order valence-corrected chi connectivity index (χ3v) is 5.97. The van der Waals surface area contributed by atoms with Crippen LogP contribution in [0.5, 0.6) is 0 Å². The molecule has 1 atom stereocenters. The van der Waals surface area contributed by atoms with E-state index in [0.717, 1.165) is 6.26 Å². The highest BCUT2D eigenvalue weighted by Crippen LogP contribution is 2.25. The second kappa shape index (κ2) is 5.20. The third kappa shape index (κ3) is 2.97. The highest BCUT2D eigenvalue weighted by atomic mass is 32.2. The lowest BCUT2D eigenvalue weighted by atomic mass is 10.0. The number of sulfone groups is 1. The van der Waals surface area contributed by atoms with Gasteiger partial charge in [-0.1, -0.05) is 0 Å². The standard InChI is InChI=1S/C10H16N2O5S2/c1-19(16,17)8-6-18-3-2-12(8)10(15)11-4-7(5-11)9(13)14/h7-8H,2-6H2,1H3,(H,13,14). The molecule has 0 saturated carbocycles. The number of amides is 2. The Morgan fingerprint density at radius 1 is 1.32 bits per heavy atom. The maximum absolute atomic E-state index is 12.2. The van der Waals surface area contributed by atoms with E-state index in [1.807, 2.05) is 0 Å². The fourth-order valence-electron chi connectivity index (χ4n) is 2.13. The van der Waals surface area contributed by atoms with Crippen LogP contribution >= 0.6 is 11.8 Å². The van der Waals surface area contributed by atoms with Crippen LogP contribution in [0, 0.1) is 5.92 Å². The largest absolute Gasteiger partial charge is 0.481 e. The summed E-state index contributed by atoms with van der Waals surface area (Å²) in [5.41, 5.74) is 0. The molecule has 0 radical (unpaired) electrons. The van der Waals surface area contributed by atoms with Crippen molar-refractivity contribution in [2.24, 2.45) is 5.92 Å². The minimum absolute atomic E-state index is 0.161. The summed E-state index contributed by atoms with van der Waals surface area (Å²) >= 11 is 1.51. The van der Waals surface area contributed by atoms with E-state index in [1.54, 1.807) is 0 Å². The van der Waals surface area contributed by atoms with Crippen molar-refractivity contribution in [3.8, 4) is 0 Å². The van der Waals surface area contributed by atoms with Gasteiger partial charge in [-0.05, 0) is 0 Å². The zero-order valence-corrected chi connectivity index (χ0v) is 12.1. The van der Waals surface area contributed by atoms with Crippen LogP contribution in [-0.2, 0) is 14.6 Å². The zero-order chi connectivity index (χ0) is 14.2. The number of hydrogen-bond acceptors (Lipinski definition) is 5. The van der Waals surface area contributed by atoms with Gasteiger partial charge in [-0.15, -0.1) is 0 Å². The molecule has 9 heteroatoms. The topological polar surface area (TPSA) is 95.0 Å². The molecule has 0 bridgehead atoms. The summed E-state index contributed by atoms with van der Waals surface area (Å²) < 4.78 is 23.4. The average Bonchev–Trinajstić information content (AvgIpc) is 2.25. The van der Waals surface area contributed by atoms with Gasteiger partial charge >= 0.3 is 12.0 Å². The van der Waals surface area contributed by atoms with E-state index in [2.05, 4.69) is 0 Å². The number of thioether (sulfide) groups is 1. The van der Waals surface area contributed by atoms with Crippen molar-refractivity contribution in [1.29, 1.82) is 0 Å². The lowest BCUT2D eigenvalue weighted by Gasteiger charge is -2.43. The summed E-state index contributed by atoms with van der Waals surface area (Å²) in [6, 6.07) is -0.367. The summed E-state index contributed by atoms with van der Waals surface area (Å²) in [6.07, 6.45) is 1.12. The Balaban J connectivity index is 2.03. The van der Waals surface area contributed by atoms with E-state index >= 15 is 0 Å². The van der Waals surface area contributed by atoms with Gasteiger partial charge in [-0.25, -0.2) is 13.2 Å². The van der Waals surface area contributed by atoms with Crippen LogP contribution in [-0.4, -0.2) is 78.1 Å². The quantitative estimate of drug-likeness (QED) is 0.742. The monoisotopic (exact) mass is 308 g/mol. The molecule has 2 aliphatic rings. The van der Waals surface area contributed by atoms with Crippen molar-refractivity contribution >= 4 is 33.6 Å². The van der Waals surface area contributed by atoms with Gasteiger partial charge in [-0.3, -0.25) is 4.79 Å². The maximum Gasteiger partial charge on any atom is 0.321 e. The Labute approximate surface area is 115 Å². The SMILES string of the molecule is CS(=O)(=O)C1CSCCN1C(=O)N1CC(C(=O)O)C1. The summed E-state index contributed by atoms with van der Waals surface area (Å²) in [5.74, 6) is -0.368. The number of carboxylic acids is 1. The number of urea groups is 1. The average molecular weight is 308 g/mol. The second-order valence-corrected chi connectivity index (χ2v) is 8.13. The normalized spacial score (nSPS) is 25.0. The molecule has 2 saturated heterocycles. The van der Waals surface area contributed by atoms with Crippen molar-refractivity contribution in [2.45, 2.75) is 5.37 Å². The third-order valence-electron chi connectivity index (χ3n) is 3.33. The minimum Gasteiger partial charge on any atom is -0.481 e. The highest BCUT2D eigenvalue weighted by molar-refractivity contribution is 8.00. The van der Waals surface area contributed by atoms with Crippen LogP contribution in [0.1, 0.15) is 0 Å². The smallest absolute Gasteiger partial charge is 0.321 e. The number of carbonyl (C=O) groups is 2. The van der Waals surface area contributed by atoms with Crippen molar-refractivity contribution < 1.29 is 23.1 Å². The highest BCUT2D eigenvalue weighted by Gasteiger charge is 2.42. The fraction of sp³-hybridized carbons (Fsp3) is 0.800. The molecule has 0 aromatic carbocycles. The molecule has 0 aromatic rings. The van der Waals surface area contributed by atoms with Crippen molar-refractivity contribution in [3.05, 3.63) is 0 Å². The number of rotatable bonds is 2. The van der Waals surface area contributed by atoms with E-state index < -0.39 is 27.1 Å². The molecule has 1 N–H and O–H groups in total. The van der Waals surface area contributed by atoms with Crippen LogP contribution in [0.3, 0.4) is 0 Å². The van der Waals surface area contributed by atoms with Gasteiger partial charge in [0.05, 0.1) is 5.92 Å². The molecule has 2 amide bonds. The predicted octanol–water partition coefficient (Wildman–Crippen LogP) is -0.458. The lowest BCUT2D eigenvalue weighted by molar-refractivity contribution is -0.146. The Bertz CT molecular complexity index is 486. The van der Waals surface area contributed by atoms with E-state index in [1.165, 1.54) is 21.6 Å². The Hall–Kier alpha value is -0.960. The van der Waals surface area contributed by atoms with E-state index in [9.17, 15) is 18.0 Å². The molecule has 2 aliphatic heterocycles. The Morgan fingerprint density at radius 3 is 2.47 bits per heavy atom. The molecule has 7 nitrogen and oxygen atoms in total. The van der Waals surface area contributed by atoms with Gasteiger partial charge in [0, 0.05) is 37.4 Å². The molecule has 2 fully saturated rings. The van der Waals surface area contributed by atoms with Crippen molar-refractivity contribution in [3.63, 3.8) is 0 Å². The molecule has 108 valence electrons. The van der Waals surface area contributed by atoms with E-state index in [4.69, 9.17) is 5.11 Å². The zero-order valence-electron chi connectivity index (χ0n) is 10.5. The number of likely N-dealkylation sites (tertiary alicyclic amines) is 1. The van der Waals surface area contributed by atoms with Gasteiger partial charge in [0.15, 0.2) is 9.84 Å². The lowest BCUT2D eigenvalue weighted by Crippen LogP contribution is -2.61. The number of carbonyl (C=O) groups excluding carboxylic acids is 1. The van der Waals surface area contributed by atoms with Crippen LogP contribution < -0.4 is 0 Å². The van der Waals surface area contributed by atoms with Crippen LogP contribution in [0.15, 0.2) is 0 Å². The predicted molar refractivity (Wildman–Crippen MR) is 70.8 cm³/mol. The first kappa shape index (κ1) is 14.4. The molecule has 0 spiro atoms. The minimum atomic E-state index is -3.33. The van der Waals surface area contributed by atoms with Crippen LogP contribution in [0.25, 0.3) is 0 Å². The summed E-state index contributed by atoms with van der Waals surface area (Å²) in [7, 11) is -3.33. The van der Waals surface area contributed by atoms with Crippen LogP contribution in [0.4, 0.5) is 4.79 Å². The Kier molecular flexibility index (Phi) is 3.95. The number of carboxylic acid groups (broad SMARTS) is 1. The molecule has 2 heterocycles. The van der Waals surface area contributed by atoms with Gasteiger partial charge in [0.2, 0.25) is 0 Å². The first-order valence-electron chi connectivity index (χ1n) is 5.85. The molecular weight excluding hydrogens is 292 g/mol. The van der Waals surface area contributed by atoms with Gasteiger partial charge in [-0.2, -0.15) is 11.8 Å². The molecule has 1 unspecified atom stereocenters. The second-order valence-electron chi connectivity index (χ2n) is 4.78.